The molecule has 0 aromatic carbocycles. The zero-order chi connectivity index (χ0) is 11.1. The van der Waals surface area contributed by atoms with Gasteiger partial charge < -0.3 is 9.84 Å². The van der Waals surface area contributed by atoms with Crippen molar-refractivity contribution in [3.05, 3.63) is 23.8 Å². The monoisotopic (exact) mass is 208 g/mol. The van der Waals surface area contributed by atoms with E-state index in [0.29, 0.717) is 0 Å². The second-order valence-electron chi connectivity index (χ2n) is 5.34. The third-order valence-corrected chi connectivity index (χ3v) is 3.78. The van der Waals surface area contributed by atoms with Gasteiger partial charge in [0, 0.05) is 12.5 Å². The minimum Gasteiger partial charge on any atom is -0.390 e. The first kappa shape index (κ1) is 10.9. The fourth-order valence-corrected chi connectivity index (χ4v) is 2.54. The molecule has 0 aromatic rings. The van der Waals surface area contributed by atoms with Gasteiger partial charge in [-0.05, 0) is 26.2 Å². The number of allylic oxidation sites excluding steroid dienone is 1. The van der Waals surface area contributed by atoms with Crippen LogP contribution in [0.1, 0.15) is 33.1 Å². The summed E-state index contributed by atoms with van der Waals surface area (Å²) in [5, 5.41) is 10.1. The Morgan fingerprint density at radius 1 is 1.40 bits per heavy atom. The van der Waals surface area contributed by atoms with Crippen molar-refractivity contribution in [2.24, 2.45) is 5.41 Å². The fourth-order valence-electron chi connectivity index (χ4n) is 2.54. The molecule has 1 N–H and O–H groups in total. The summed E-state index contributed by atoms with van der Waals surface area (Å²) in [6.45, 7) is 4.17. The molecule has 15 heavy (non-hydrogen) atoms. The lowest BCUT2D eigenvalue weighted by Gasteiger charge is -2.43. The van der Waals surface area contributed by atoms with Crippen LogP contribution >= 0.6 is 0 Å². The van der Waals surface area contributed by atoms with Crippen LogP contribution in [0.5, 0.6) is 0 Å². The summed E-state index contributed by atoms with van der Waals surface area (Å²) < 4.78 is 5.31. The fraction of sp³-hybridized carbons (Fsp3) is 0.692. The smallest absolute Gasteiger partial charge is 0.0936 e. The van der Waals surface area contributed by atoms with Crippen LogP contribution in [0.3, 0.4) is 0 Å². The molecule has 0 spiro atoms. The Balaban J connectivity index is 2.26. The number of methoxy groups -OCH3 is 1. The van der Waals surface area contributed by atoms with Gasteiger partial charge in [-0.15, -0.1) is 0 Å². The molecule has 0 bridgehead atoms. The third kappa shape index (κ3) is 2.01. The summed E-state index contributed by atoms with van der Waals surface area (Å²) in [5.41, 5.74) is 0.944. The van der Waals surface area contributed by atoms with Crippen LogP contribution in [0.4, 0.5) is 0 Å². The van der Waals surface area contributed by atoms with Crippen LogP contribution in [0.25, 0.3) is 0 Å². The molecule has 0 radical (unpaired) electrons. The predicted molar refractivity (Wildman–Crippen MR) is 60.6 cm³/mol. The van der Waals surface area contributed by atoms with E-state index in [9.17, 15) is 5.11 Å². The molecular weight excluding hydrogens is 188 g/mol. The summed E-state index contributed by atoms with van der Waals surface area (Å²) in [6, 6.07) is 0. The molecule has 2 aliphatic carbocycles. The summed E-state index contributed by atoms with van der Waals surface area (Å²) in [7, 11) is 1.72. The zero-order valence-corrected chi connectivity index (χ0v) is 9.79. The van der Waals surface area contributed by atoms with Crippen molar-refractivity contribution < 1.29 is 9.84 Å². The molecule has 2 heteroatoms. The SMILES string of the molecule is CO[C@@H]1C=C[C@@]2(C)CC[C@@](C)(O)CC2=C1. The average Bonchev–Trinajstić information content (AvgIpc) is 2.18. The summed E-state index contributed by atoms with van der Waals surface area (Å²) in [6.07, 6.45) is 9.28. The molecule has 0 aliphatic heterocycles. The van der Waals surface area contributed by atoms with E-state index >= 15 is 0 Å². The molecule has 2 aliphatic rings. The quantitative estimate of drug-likeness (QED) is 0.671. The number of hydrogen-bond acceptors (Lipinski definition) is 2. The maximum absolute atomic E-state index is 10.1. The lowest BCUT2D eigenvalue weighted by Crippen LogP contribution is -2.38. The van der Waals surface area contributed by atoms with Crippen molar-refractivity contribution in [2.75, 3.05) is 7.11 Å². The molecule has 0 aromatic heterocycles. The molecule has 2 nitrogen and oxygen atoms in total. The second-order valence-corrected chi connectivity index (χ2v) is 5.34. The van der Waals surface area contributed by atoms with Gasteiger partial charge in [0.25, 0.3) is 0 Å². The Labute approximate surface area is 91.6 Å². The summed E-state index contributed by atoms with van der Waals surface area (Å²) in [5.74, 6) is 0. The van der Waals surface area contributed by atoms with E-state index in [1.165, 1.54) is 5.57 Å². The first-order valence-corrected chi connectivity index (χ1v) is 5.61. The van der Waals surface area contributed by atoms with E-state index in [2.05, 4.69) is 25.2 Å². The normalized spacial score (nSPS) is 44.8. The Morgan fingerprint density at radius 3 is 2.80 bits per heavy atom. The van der Waals surface area contributed by atoms with Crippen molar-refractivity contribution in [3.8, 4) is 0 Å². The van der Waals surface area contributed by atoms with Crippen LogP contribution in [0.15, 0.2) is 23.8 Å². The van der Waals surface area contributed by atoms with E-state index in [4.69, 9.17) is 4.74 Å². The number of fused-ring (bicyclic) bond motifs is 1. The van der Waals surface area contributed by atoms with Gasteiger partial charge in [0.05, 0.1) is 11.7 Å². The van der Waals surface area contributed by atoms with E-state index < -0.39 is 5.60 Å². The van der Waals surface area contributed by atoms with Gasteiger partial charge in [0.2, 0.25) is 0 Å². The first-order chi connectivity index (χ1) is 6.95. The molecule has 0 saturated heterocycles. The Bertz CT molecular complexity index is 314. The zero-order valence-electron chi connectivity index (χ0n) is 9.79. The molecule has 3 atom stereocenters. The standard InChI is InChI=1S/C13H20O2/c1-12-5-4-11(15-3)8-10(12)9-13(2,14)7-6-12/h4-5,8,11,14H,6-7,9H2,1-3H3/t11-,12+,13-/m1/s1. The van der Waals surface area contributed by atoms with E-state index in [1.807, 2.05) is 6.92 Å². The van der Waals surface area contributed by atoms with Gasteiger partial charge in [-0.3, -0.25) is 0 Å². The highest BCUT2D eigenvalue weighted by atomic mass is 16.5. The Hall–Kier alpha value is -0.600. The maximum Gasteiger partial charge on any atom is 0.0936 e. The molecule has 0 amide bonds. The highest BCUT2D eigenvalue weighted by Crippen LogP contribution is 2.47. The molecule has 1 fully saturated rings. The number of aliphatic hydroxyl groups is 1. The molecule has 1 saturated carbocycles. The van der Waals surface area contributed by atoms with Gasteiger partial charge in [-0.2, -0.15) is 0 Å². The van der Waals surface area contributed by atoms with Gasteiger partial charge in [0.1, 0.15) is 0 Å². The van der Waals surface area contributed by atoms with Crippen LogP contribution in [-0.2, 0) is 4.74 Å². The first-order valence-electron chi connectivity index (χ1n) is 5.61. The van der Waals surface area contributed by atoms with Crippen molar-refractivity contribution >= 4 is 0 Å². The van der Waals surface area contributed by atoms with Crippen molar-refractivity contribution in [1.82, 2.24) is 0 Å². The van der Waals surface area contributed by atoms with E-state index in [1.54, 1.807) is 7.11 Å². The minimum atomic E-state index is -0.533. The molecule has 0 unspecified atom stereocenters. The van der Waals surface area contributed by atoms with E-state index in [-0.39, 0.29) is 11.5 Å². The second kappa shape index (κ2) is 3.46. The van der Waals surface area contributed by atoms with Crippen LogP contribution in [0, 0.1) is 5.41 Å². The Kier molecular flexibility index (Phi) is 2.52. The molecule has 0 heterocycles. The number of rotatable bonds is 1. The summed E-state index contributed by atoms with van der Waals surface area (Å²) >= 11 is 0. The van der Waals surface area contributed by atoms with Gasteiger partial charge in [0.15, 0.2) is 0 Å². The number of ether oxygens (including phenoxy) is 1. The van der Waals surface area contributed by atoms with Crippen molar-refractivity contribution in [1.29, 1.82) is 0 Å². The average molecular weight is 208 g/mol. The van der Waals surface area contributed by atoms with Gasteiger partial charge >= 0.3 is 0 Å². The largest absolute Gasteiger partial charge is 0.390 e. The van der Waals surface area contributed by atoms with Crippen molar-refractivity contribution in [2.45, 2.75) is 44.8 Å². The highest BCUT2D eigenvalue weighted by molar-refractivity contribution is 5.32. The topological polar surface area (TPSA) is 29.5 Å². The lowest BCUT2D eigenvalue weighted by molar-refractivity contribution is 0.0199. The Morgan fingerprint density at radius 2 is 2.13 bits per heavy atom. The van der Waals surface area contributed by atoms with Gasteiger partial charge in [-0.25, -0.2) is 0 Å². The van der Waals surface area contributed by atoms with E-state index in [0.717, 1.165) is 19.3 Å². The van der Waals surface area contributed by atoms with Crippen molar-refractivity contribution in [3.63, 3.8) is 0 Å². The third-order valence-electron chi connectivity index (χ3n) is 3.78. The molecule has 84 valence electrons. The molecule has 2 rings (SSSR count). The lowest BCUT2D eigenvalue weighted by atomic mass is 9.65. The van der Waals surface area contributed by atoms with Crippen LogP contribution < -0.4 is 0 Å². The number of hydrogen-bond donors (Lipinski definition) is 1. The van der Waals surface area contributed by atoms with Crippen LogP contribution in [-0.4, -0.2) is 23.9 Å². The van der Waals surface area contributed by atoms with Gasteiger partial charge in [-0.1, -0.05) is 30.7 Å². The maximum atomic E-state index is 10.1. The predicted octanol–water partition coefficient (Wildman–Crippen LogP) is 2.44. The minimum absolute atomic E-state index is 0.0852. The summed E-state index contributed by atoms with van der Waals surface area (Å²) in [4.78, 5) is 0. The highest BCUT2D eigenvalue weighted by Gasteiger charge is 2.39. The van der Waals surface area contributed by atoms with Crippen LogP contribution in [0.2, 0.25) is 0 Å². The molecular formula is C13H20O2.